The van der Waals surface area contributed by atoms with Crippen molar-refractivity contribution in [3.8, 4) is 0 Å². The number of hydrogen-bond donors (Lipinski definition) is 2. The van der Waals surface area contributed by atoms with Gasteiger partial charge in [-0.2, -0.15) is 0 Å². The Labute approximate surface area is 207 Å². The van der Waals surface area contributed by atoms with Gasteiger partial charge >= 0.3 is 0 Å². The Hall–Kier alpha value is -3.23. The molecule has 186 valence electrons. The molecule has 0 atom stereocenters. The second kappa shape index (κ2) is 12.0. The topological polar surface area (TPSA) is 85.0 Å². The van der Waals surface area contributed by atoms with Crippen LogP contribution in [-0.2, 0) is 16.1 Å². The molecule has 2 saturated heterocycles. The lowest BCUT2D eigenvalue weighted by Crippen LogP contribution is -2.54. The number of nitrogens with one attached hydrogen (secondary N) is 2. The SMILES string of the molecule is CC(=O)Nc1ccc(C(=O)N(CC(=O)N2CCNCC2)C2CCN(Cc3ccccc3)CC2)cc1. The van der Waals surface area contributed by atoms with E-state index in [2.05, 4.69) is 39.8 Å². The number of hydrogen-bond acceptors (Lipinski definition) is 5. The monoisotopic (exact) mass is 477 g/mol. The van der Waals surface area contributed by atoms with Gasteiger partial charge < -0.3 is 20.4 Å². The van der Waals surface area contributed by atoms with Gasteiger partial charge in [-0.25, -0.2) is 0 Å². The molecule has 35 heavy (non-hydrogen) atoms. The number of piperidine rings is 1. The summed E-state index contributed by atoms with van der Waals surface area (Å²) in [6.45, 7) is 7.10. The van der Waals surface area contributed by atoms with Crippen molar-refractivity contribution in [2.75, 3.05) is 51.1 Å². The van der Waals surface area contributed by atoms with Crippen LogP contribution < -0.4 is 10.6 Å². The molecule has 0 bridgehead atoms. The highest BCUT2D eigenvalue weighted by molar-refractivity contribution is 5.97. The van der Waals surface area contributed by atoms with Crippen molar-refractivity contribution in [1.82, 2.24) is 20.0 Å². The highest BCUT2D eigenvalue weighted by atomic mass is 16.2. The number of nitrogens with zero attached hydrogens (tertiary/aromatic N) is 3. The molecule has 2 aromatic carbocycles. The maximum Gasteiger partial charge on any atom is 0.254 e. The van der Waals surface area contributed by atoms with Crippen molar-refractivity contribution in [2.45, 2.75) is 32.4 Å². The smallest absolute Gasteiger partial charge is 0.254 e. The van der Waals surface area contributed by atoms with E-state index in [1.165, 1.54) is 12.5 Å². The first-order valence-corrected chi connectivity index (χ1v) is 12.4. The van der Waals surface area contributed by atoms with Crippen LogP contribution >= 0.6 is 0 Å². The second-order valence-corrected chi connectivity index (χ2v) is 9.32. The third-order valence-corrected chi connectivity index (χ3v) is 6.74. The van der Waals surface area contributed by atoms with Crippen LogP contribution in [0.1, 0.15) is 35.7 Å². The fraction of sp³-hybridized carbons (Fsp3) is 0.444. The maximum atomic E-state index is 13.6. The third-order valence-electron chi connectivity index (χ3n) is 6.74. The van der Waals surface area contributed by atoms with E-state index in [1.54, 1.807) is 29.2 Å². The maximum absolute atomic E-state index is 13.6. The minimum absolute atomic E-state index is 0.00133. The predicted molar refractivity (Wildman–Crippen MR) is 136 cm³/mol. The van der Waals surface area contributed by atoms with E-state index in [4.69, 9.17) is 0 Å². The molecule has 2 aliphatic rings. The van der Waals surface area contributed by atoms with E-state index in [0.717, 1.165) is 45.6 Å². The van der Waals surface area contributed by atoms with Gasteiger partial charge in [0.1, 0.15) is 6.54 Å². The zero-order valence-corrected chi connectivity index (χ0v) is 20.4. The van der Waals surface area contributed by atoms with Crippen molar-refractivity contribution < 1.29 is 14.4 Å². The summed E-state index contributed by atoms with van der Waals surface area (Å²) in [5.74, 6) is -0.291. The number of rotatable bonds is 7. The Morgan fingerprint density at radius 1 is 0.943 bits per heavy atom. The Bertz CT molecular complexity index is 997. The van der Waals surface area contributed by atoms with Gasteiger partial charge in [-0.05, 0) is 42.7 Å². The van der Waals surface area contributed by atoms with Crippen molar-refractivity contribution in [1.29, 1.82) is 0 Å². The minimum atomic E-state index is -0.158. The molecule has 2 fully saturated rings. The number of carbonyl (C=O) groups is 3. The second-order valence-electron chi connectivity index (χ2n) is 9.32. The van der Waals surface area contributed by atoms with Crippen LogP contribution in [-0.4, -0.2) is 84.3 Å². The molecule has 2 heterocycles. The molecule has 4 rings (SSSR count). The molecule has 3 amide bonds. The summed E-state index contributed by atoms with van der Waals surface area (Å²) in [5, 5.41) is 6.00. The van der Waals surface area contributed by atoms with Gasteiger partial charge in [0.05, 0.1) is 0 Å². The summed E-state index contributed by atoms with van der Waals surface area (Å²) >= 11 is 0. The summed E-state index contributed by atoms with van der Waals surface area (Å²) in [7, 11) is 0. The Balaban J connectivity index is 1.45. The first-order chi connectivity index (χ1) is 17.0. The summed E-state index contributed by atoms with van der Waals surface area (Å²) in [6.07, 6.45) is 1.66. The van der Waals surface area contributed by atoms with Gasteiger partial charge in [-0.1, -0.05) is 30.3 Å². The van der Waals surface area contributed by atoms with Crippen molar-refractivity contribution in [2.24, 2.45) is 0 Å². The lowest BCUT2D eigenvalue weighted by molar-refractivity contribution is -0.133. The average molecular weight is 478 g/mol. The van der Waals surface area contributed by atoms with E-state index in [1.807, 2.05) is 11.0 Å². The van der Waals surface area contributed by atoms with Gasteiger partial charge in [0, 0.05) is 70.0 Å². The third kappa shape index (κ3) is 6.90. The van der Waals surface area contributed by atoms with Gasteiger partial charge in [0.25, 0.3) is 5.91 Å². The van der Waals surface area contributed by atoms with Crippen LogP contribution in [0.25, 0.3) is 0 Å². The lowest BCUT2D eigenvalue weighted by Gasteiger charge is -2.39. The standard InChI is InChI=1S/C27H35N5O3/c1-21(33)29-24-9-7-23(8-10-24)27(35)32(20-26(34)31-17-13-28-14-18-31)25-11-15-30(16-12-25)19-22-5-3-2-4-6-22/h2-10,25,28H,11-20H2,1H3,(H,29,33). The molecule has 8 nitrogen and oxygen atoms in total. The highest BCUT2D eigenvalue weighted by Crippen LogP contribution is 2.22. The molecule has 0 spiro atoms. The van der Waals surface area contributed by atoms with E-state index in [9.17, 15) is 14.4 Å². The highest BCUT2D eigenvalue weighted by Gasteiger charge is 2.31. The molecular formula is C27H35N5O3. The fourth-order valence-corrected chi connectivity index (χ4v) is 4.82. The van der Waals surface area contributed by atoms with Crippen LogP contribution in [0.2, 0.25) is 0 Å². The normalized spacial score (nSPS) is 17.1. The number of benzene rings is 2. The molecule has 0 aliphatic carbocycles. The summed E-state index contributed by atoms with van der Waals surface area (Å²) in [4.78, 5) is 44.1. The molecule has 2 aromatic rings. The largest absolute Gasteiger partial charge is 0.339 e. The van der Waals surface area contributed by atoms with Gasteiger partial charge in [-0.3, -0.25) is 19.3 Å². The van der Waals surface area contributed by atoms with E-state index in [-0.39, 0.29) is 30.3 Å². The van der Waals surface area contributed by atoms with Crippen LogP contribution in [0.5, 0.6) is 0 Å². The van der Waals surface area contributed by atoms with Crippen LogP contribution in [0.3, 0.4) is 0 Å². The molecular weight excluding hydrogens is 442 g/mol. The number of anilines is 1. The zero-order chi connectivity index (χ0) is 24.6. The summed E-state index contributed by atoms with van der Waals surface area (Å²) < 4.78 is 0. The molecule has 2 N–H and O–H groups in total. The van der Waals surface area contributed by atoms with Gasteiger partial charge in [-0.15, -0.1) is 0 Å². The van der Waals surface area contributed by atoms with Gasteiger partial charge in [0.2, 0.25) is 11.8 Å². The number of piperazine rings is 1. The number of carbonyl (C=O) groups excluding carboxylic acids is 3. The lowest BCUT2D eigenvalue weighted by atomic mass is 10.0. The number of likely N-dealkylation sites (tertiary alicyclic amines) is 1. The van der Waals surface area contributed by atoms with Gasteiger partial charge in [0.15, 0.2) is 0 Å². The van der Waals surface area contributed by atoms with Crippen LogP contribution in [0, 0.1) is 0 Å². The molecule has 2 aliphatic heterocycles. The first-order valence-electron chi connectivity index (χ1n) is 12.4. The minimum Gasteiger partial charge on any atom is -0.339 e. The molecule has 0 aromatic heterocycles. The van der Waals surface area contributed by atoms with E-state index >= 15 is 0 Å². The van der Waals surface area contributed by atoms with Crippen LogP contribution in [0.4, 0.5) is 5.69 Å². The van der Waals surface area contributed by atoms with Crippen molar-refractivity contribution in [3.63, 3.8) is 0 Å². The summed E-state index contributed by atoms with van der Waals surface area (Å²) in [6, 6.07) is 17.3. The molecule has 8 heteroatoms. The summed E-state index contributed by atoms with van der Waals surface area (Å²) in [5.41, 5.74) is 2.46. The number of amides is 3. The molecule has 0 saturated carbocycles. The van der Waals surface area contributed by atoms with E-state index in [0.29, 0.717) is 24.3 Å². The molecule has 0 radical (unpaired) electrons. The molecule has 0 unspecified atom stereocenters. The fourth-order valence-electron chi connectivity index (χ4n) is 4.82. The zero-order valence-electron chi connectivity index (χ0n) is 20.4. The Morgan fingerprint density at radius 3 is 2.23 bits per heavy atom. The van der Waals surface area contributed by atoms with Crippen molar-refractivity contribution in [3.05, 3.63) is 65.7 Å². The Kier molecular flexibility index (Phi) is 8.50. The van der Waals surface area contributed by atoms with Crippen molar-refractivity contribution >= 4 is 23.4 Å². The predicted octanol–water partition coefficient (Wildman–Crippen LogP) is 2.18. The van der Waals surface area contributed by atoms with E-state index < -0.39 is 0 Å². The Morgan fingerprint density at radius 2 is 1.60 bits per heavy atom. The van der Waals surface area contributed by atoms with Crippen LogP contribution in [0.15, 0.2) is 54.6 Å². The average Bonchev–Trinajstić information content (AvgIpc) is 2.88. The first kappa shape index (κ1) is 24.9. The quantitative estimate of drug-likeness (QED) is 0.639.